The van der Waals surface area contributed by atoms with Crippen LogP contribution in [-0.2, 0) is 9.47 Å². The third-order valence-electron chi connectivity index (χ3n) is 2.58. The molecule has 0 bridgehead atoms. The molecule has 0 spiro atoms. The number of nitrogens with zero attached hydrogens (tertiary/aromatic N) is 2. The molecule has 1 heterocycles. The van der Waals surface area contributed by atoms with Crippen LogP contribution in [0.3, 0.4) is 0 Å². The summed E-state index contributed by atoms with van der Waals surface area (Å²) in [5.41, 5.74) is -1.00. The molecule has 0 radical (unpaired) electrons. The molecule has 1 saturated heterocycles. The Morgan fingerprint density at radius 2 is 0.950 bits per heavy atom. The highest BCUT2D eigenvalue weighted by molar-refractivity contribution is 5.70. The Hall–Kier alpha value is -1.46. The second kappa shape index (κ2) is 5.89. The molecule has 116 valence electrons. The van der Waals surface area contributed by atoms with Crippen molar-refractivity contribution >= 4 is 12.2 Å². The number of rotatable bonds is 0. The molecule has 0 unspecified atom stereocenters. The van der Waals surface area contributed by atoms with Crippen molar-refractivity contribution in [3.05, 3.63) is 0 Å². The lowest BCUT2D eigenvalue weighted by molar-refractivity contribution is -0.000620. The summed E-state index contributed by atoms with van der Waals surface area (Å²) in [5, 5.41) is 0. The minimum Gasteiger partial charge on any atom is -0.444 e. The number of hydrogen-bond acceptors (Lipinski definition) is 4. The van der Waals surface area contributed by atoms with E-state index in [-0.39, 0.29) is 12.2 Å². The van der Waals surface area contributed by atoms with E-state index in [1.807, 2.05) is 41.5 Å². The first-order valence-electron chi connectivity index (χ1n) is 6.94. The van der Waals surface area contributed by atoms with Crippen LogP contribution in [0.2, 0.25) is 0 Å². The van der Waals surface area contributed by atoms with E-state index in [2.05, 4.69) is 0 Å². The molecule has 1 fully saturated rings. The largest absolute Gasteiger partial charge is 0.444 e. The minimum absolute atomic E-state index is 0.332. The van der Waals surface area contributed by atoms with Crippen molar-refractivity contribution in [3.8, 4) is 0 Å². The van der Waals surface area contributed by atoms with Crippen molar-refractivity contribution in [3.63, 3.8) is 0 Å². The molecule has 0 atom stereocenters. The van der Waals surface area contributed by atoms with Crippen molar-refractivity contribution in [2.75, 3.05) is 26.2 Å². The molecule has 0 saturated carbocycles. The molecule has 1 aliphatic heterocycles. The maximum absolute atomic E-state index is 11.9. The second-order valence-electron chi connectivity index (χ2n) is 6.93. The van der Waals surface area contributed by atoms with Crippen molar-refractivity contribution in [1.82, 2.24) is 9.80 Å². The van der Waals surface area contributed by atoms with Gasteiger partial charge in [-0.1, -0.05) is 0 Å². The molecule has 0 aromatic rings. The van der Waals surface area contributed by atoms with Gasteiger partial charge in [0.1, 0.15) is 11.2 Å². The van der Waals surface area contributed by atoms with Crippen LogP contribution in [0.4, 0.5) is 9.59 Å². The molecular formula is C14H26N2O4. The highest BCUT2D eigenvalue weighted by Gasteiger charge is 2.29. The SMILES string of the molecule is CC(C)(C)OC(=O)N1CCN(C(=O)OC(C)(C)C)CC1. The van der Waals surface area contributed by atoms with Gasteiger partial charge < -0.3 is 19.3 Å². The zero-order chi connectivity index (χ0) is 15.6. The van der Waals surface area contributed by atoms with Crippen LogP contribution < -0.4 is 0 Å². The van der Waals surface area contributed by atoms with Crippen molar-refractivity contribution in [2.24, 2.45) is 0 Å². The molecule has 0 aliphatic carbocycles. The average Bonchev–Trinajstić information content (AvgIpc) is 2.24. The second-order valence-corrected chi connectivity index (χ2v) is 6.93. The summed E-state index contributed by atoms with van der Waals surface area (Å²) >= 11 is 0. The van der Waals surface area contributed by atoms with Crippen molar-refractivity contribution < 1.29 is 19.1 Å². The molecule has 20 heavy (non-hydrogen) atoms. The van der Waals surface area contributed by atoms with Gasteiger partial charge in [-0.3, -0.25) is 0 Å². The van der Waals surface area contributed by atoms with Crippen molar-refractivity contribution in [1.29, 1.82) is 0 Å². The first kappa shape index (κ1) is 16.6. The average molecular weight is 286 g/mol. The predicted octanol–water partition coefficient (Wildman–Crippen LogP) is 2.47. The fourth-order valence-electron chi connectivity index (χ4n) is 1.72. The van der Waals surface area contributed by atoms with E-state index in [1.165, 1.54) is 0 Å². The van der Waals surface area contributed by atoms with E-state index in [4.69, 9.17) is 9.47 Å². The van der Waals surface area contributed by atoms with E-state index in [0.29, 0.717) is 26.2 Å². The Morgan fingerprint density at radius 1 is 0.700 bits per heavy atom. The van der Waals surface area contributed by atoms with Gasteiger partial charge in [-0.2, -0.15) is 0 Å². The van der Waals surface area contributed by atoms with E-state index < -0.39 is 11.2 Å². The molecule has 0 aromatic carbocycles. The lowest BCUT2D eigenvalue weighted by Gasteiger charge is -2.36. The molecule has 1 rings (SSSR count). The minimum atomic E-state index is -0.501. The Kier molecular flexibility index (Phi) is 4.89. The number of piperazine rings is 1. The van der Waals surface area contributed by atoms with Crippen LogP contribution in [0.25, 0.3) is 0 Å². The van der Waals surface area contributed by atoms with Crippen LogP contribution >= 0.6 is 0 Å². The summed E-state index contributed by atoms with van der Waals surface area (Å²) in [7, 11) is 0. The van der Waals surface area contributed by atoms with Gasteiger partial charge in [-0.05, 0) is 41.5 Å². The lowest BCUT2D eigenvalue weighted by Crippen LogP contribution is -2.52. The first-order valence-corrected chi connectivity index (χ1v) is 6.94. The Balaban J connectivity index is 2.44. The zero-order valence-corrected chi connectivity index (χ0v) is 13.4. The van der Waals surface area contributed by atoms with E-state index in [0.717, 1.165) is 0 Å². The van der Waals surface area contributed by atoms with Crippen LogP contribution in [0.5, 0.6) is 0 Å². The lowest BCUT2D eigenvalue weighted by atomic mass is 10.2. The number of hydrogen-bond donors (Lipinski definition) is 0. The van der Waals surface area contributed by atoms with Gasteiger partial charge in [0.2, 0.25) is 0 Å². The van der Waals surface area contributed by atoms with Crippen LogP contribution in [-0.4, -0.2) is 59.4 Å². The summed E-state index contributed by atoms with van der Waals surface area (Å²) in [5.74, 6) is 0. The van der Waals surface area contributed by atoms with Gasteiger partial charge in [0.05, 0.1) is 0 Å². The van der Waals surface area contributed by atoms with Crippen LogP contribution in [0.1, 0.15) is 41.5 Å². The smallest absolute Gasteiger partial charge is 0.410 e. The zero-order valence-electron chi connectivity index (χ0n) is 13.4. The van der Waals surface area contributed by atoms with Gasteiger partial charge in [0, 0.05) is 26.2 Å². The predicted molar refractivity (Wildman–Crippen MR) is 75.6 cm³/mol. The maximum atomic E-state index is 11.9. The molecule has 1 aliphatic rings. The summed E-state index contributed by atoms with van der Waals surface area (Å²) in [6.45, 7) is 12.9. The van der Waals surface area contributed by atoms with Gasteiger partial charge in [-0.25, -0.2) is 9.59 Å². The van der Waals surface area contributed by atoms with Crippen LogP contribution in [0, 0.1) is 0 Å². The Morgan fingerprint density at radius 3 is 1.15 bits per heavy atom. The number of ether oxygens (including phenoxy) is 2. The first-order chi connectivity index (χ1) is 8.98. The fraction of sp³-hybridized carbons (Fsp3) is 0.857. The Labute approximate surface area is 121 Å². The molecule has 0 N–H and O–H groups in total. The molecule has 2 amide bonds. The molecule has 0 aromatic heterocycles. The van der Waals surface area contributed by atoms with Crippen LogP contribution in [0.15, 0.2) is 0 Å². The normalized spacial score (nSPS) is 16.9. The maximum Gasteiger partial charge on any atom is 0.410 e. The summed E-state index contributed by atoms with van der Waals surface area (Å²) < 4.78 is 10.6. The van der Waals surface area contributed by atoms with Gasteiger partial charge in [0.15, 0.2) is 0 Å². The van der Waals surface area contributed by atoms with E-state index in [1.54, 1.807) is 9.80 Å². The topological polar surface area (TPSA) is 59.1 Å². The number of amides is 2. The molecule has 6 heteroatoms. The summed E-state index contributed by atoms with van der Waals surface area (Å²) in [6.07, 6.45) is -0.664. The molecule has 6 nitrogen and oxygen atoms in total. The third kappa shape index (κ3) is 5.67. The van der Waals surface area contributed by atoms with Gasteiger partial charge in [0.25, 0.3) is 0 Å². The summed E-state index contributed by atoms with van der Waals surface area (Å²) in [4.78, 5) is 27.0. The highest BCUT2D eigenvalue weighted by Crippen LogP contribution is 2.14. The highest BCUT2D eigenvalue weighted by atomic mass is 16.6. The molecular weight excluding hydrogens is 260 g/mol. The quantitative estimate of drug-likeness (QED) is 0.686. The number of carbonyl (C=O) groups excluding carboxylic acids is 2. The summed E-state index contributed by atoms with van der Waals surface area (Å²) in [6, 6.07) is 0. The monoisotopic (exact) mass is 286 g/mol. The Bertz CT molecular complexity index is 324. The van der Waals surface area contributed by atoms with E-state index >= 15 is 0 Å². The van der Waals surface area contributed by atoms with Crippen molar-refractivity contribution in [2.45, 2.75) is 52.7 Å². The van der Waals surface area contributed by atoms with Gasteiger partial charge in [-0.15, -0.1) is 0 Å². The fourth-order valence-corrected chi connectivity index (χ4v) is 1.72. The third-order valence-corrected chi connectivity index (χ3v) is 2.58. The number of carbonyl (C=O) groups is 2. The van der Waals surface area contributed by atoms with Gasteiger partial charge >= 0.3 is 12.2 Å². The standard InChI is InChI=1S/C14H26N2O4/c1-13(2,3)19-11(17)15-7-9-16(10-8-15)12(18)20-14(4,5)6/h7-10H2,1-6H3. The van der Waals surface area contributed by atoms with E-state index in [9.17, 15) is 9.59 Å².